The summed E-state index contributed by atoms with van der Waals surface area (Å²) in [4.78, 5) is 27.0. The maximum absolute atomic E-state index is 12.8. The van der Waals surface area contributed by atoms with E-state index in [0.717, 1.165) is 54.8 Å². The Morgan fingerprint density at radius 2 is 1.81 bits per heavy atom. The quantitative estimate of drug-likeness (QED) is 0.636. The van der Waals surface area contributed by atoms with Crippen LogP contribution in [0.3, 0.4) is 0 Å². The van der Waals surface area contributed by atoms with Gasteiger partial charge in [-0.2, -0.15) is 0 Å². The normalized spacial score (nSPS) is 19.7. The van der Waals surface area contributed by atoms with Crippen LogP contribution in [0, 0.1) is 0 Å². The van der Waals surface area contributed by atoms with Crippen molar-refractivity contribution in [2.75, 3.05) is 19.6 Å². The molecule has 7 nitrogen and oxygen atoms in total. The van der Waals surface area contributed by atoms with Gasteiger partial charge in [-0.15, -0.1) is 13.2 Å². The molecule has 32 heavy (non-hydrogen) atoms. The van der Waals surface area contributed by atoms with Crippen molar-refractivity contribution in [2.45, 2.75) is 37.6 Å². The van der Waals surface area contributed by atoms with Gasteiger partial charge in [0.05, 0.1) is 11.6 Å². The van der Waals surface area contributed by atoms with Gasteiger partial charge in [0.15, 0.2) is 5.65 Å². The van der Waals surface area contributed by atoms with Gasteiger partial charge in [-0.1, -0.05) is 0 Å². The van der Waals surface area contributed by atoms with Crippen LogP contribution in [0.4, 0.5) is 13.2 Å². The number of hydrogen-bond acceptors (Lipinski definition) is 5. The van der Waals surface area contributed by atoms with Crippen LogP contribution >= 0.6 is 0 Å². The number of carbonyl (C=O) groups excluding carboxylic acids is 1. The first-order valence-electron chi connectivity index (χ1n) is 10.6. The molecule has 2 fully saturated rings. The molecule has 2 saturated heterocycles. The van der Waals surface area contributed by atoms with Crippen LogP contribution < -0.4 is 10.1 Å². The van der Waals surface area contributed by atoms with Crippen molar-refractivity contribution < 1.29 is 22.7 Å². The molecule has 0 bridgehead atoms. The van der Waals surface area contributed by atoms with E-state index < -0.39 is 6.36 Å². The van der Waals surface area contributed by atoms with Crippen LogP contribution in [-0.4, -0.2) is 51.8 Å². The zero-order valence-electron chi connectivity index (χ0n) is 17.2. The lowest BCUT2D eigenvalue weighted by molar-refractivity contribution is -0.274. The fourth-order valence-corrected chi connectivity index (χ4v) is 4.35. The molecule has 2 aliphatic rings. The minimum atomic E-state index is -4.75. The smallest absolute Gasteiger partial charge is 0.406 e. The molecule has 2 N–H and O–H groups in total. The number of pyridine rings is 1. The summed E-state index contributed by atoms with van der Waals surface area (Å²) >= 11 is 0. The van der Waals surface area contributed by atoms with Gasteiger partial charge in [0.2, 0.25) is 0 Å². The number of fused-ring (bicyclic) bond motifs is 1. The lowest BCUT2D eigenvalue weighted by Crippen LogP contribution is -2.38. The molecule has 10 heteroatoms. The number of nitrogens with zero attached hydrogens (tertiary/aromatic N) is 3. The van der Waals surface area contributed by atoms with Crippen molar-refractivity contribution >= 4 is 17.1 Å². The molecule has 0 radical (unpaired) electrons. The molecule has 1 atom stereocenters. The Morgan fingerprint density at radius 1 is 1.09 bits per heavy atom. The Kier molecular flexibility index (Phi) is 5.24. The maximum atomic E-state index is 12.8. The van der Waals surface area contributed by atoms with E-state index in [0.29, 0.717) is 24.3 Å². The number of benzene rings is 1. The number of piperidine rings is 1. The predicted molar refractivity (Wildman–Crippen MR) is 110 cm³/mol. The largest absolute Gasteiger partial charge is 0.573 e. The number of imidazole rings is 1. The zero-order chi connectivity index (χ0) is 22.3. The Morgan fingerprint density at radius 3 is 2.44 bits per heavy atom. The molecule has 2 aromatic heterocycles. The number of alkyl halides is 3. The number of nitrogens with one attached hydrogen (secondary N) is 2. The SMILES string of the molecule is O=C(c1ccc(OC(F)(F)F)cc1)N1CCC(c2ccnc3nc(C4CCN4)[nH]c23)CC1. The molecule has 168 valence electrons. The standard InChI is InChI=1S/C22H22F3N5O2/c23-22(24,25)32-15-3-1-14(2-4-15)21(31)30-11-7-13(8-12-30)16-5-9-27-20-18(16)28-19(29-20)17-6-10-26-17/h1-5,9,13,17,26H,6-8,10-12H2,(H,27,28,29). The van der Waals surface area contributed by atoms with Gasteiger partial charge >= 0.3 is 6.36 Å². The Labute approximate surface area is 182 Å². The van der Waals surface area contributed by atoms with Crippen molar-refractivity contribution in [3.05, 3.63) is 53.5 Å². The number of likely N-dealkylation sites (tertiary alicyclic amines) is 1. The van der Waals surface area contributed by atoms with Crippen molar-refractivity contribution in [2.24, 2.45) is 0 Å². The number of amides is 1. The second kappa shape index (κ2) is 8.09. The van der Waals surface area contributed by atoms with E-state index in [-0.39, 0.29) is 23.6 Å². The molecular formula is C22H22F3N5O2. The Hall–Kier alpha value is -3.14. The van der Waals surface area contributed by atoms with E-state index in [1.165, 1.54) is 12.1 Å². The van der Waals surface area contributed by atoms with E-state index >= 15 is 0 Å². The lowest BCUT2D eigenvalue weighted by atomic mass is 9.89. The monoisotopic (exact) mass is 445 g/mol. The van der Waals surface area contributed by atoms with Crippen LogP contribution in [0.5, 0.6) is 5.75 Å². The molecule has 0 spiro atoms. The summed E-state index contributed by atoms with van der Waals surface area (Å²) in [5.41, 5.74) is 3.18. The summed E-state index contributed by atoms with van der Waals surface area (Å²) in [6.07, 6.45) is -0.348. The van der Waals surface area contributed by atoms with Gasteiger partial charge in [-0.25, -0.2) is 9.97 Å². The first-order chi connectivity index (χ1) is 15.4. The fraction of sp³-hybridized carbons (Fsp3) is 0.409. The molecule has 0 aliphatic carbocycles. The van der Waals surface area contributed by atoms with Crippen molar-refractivity contribution in [1.82, 2.24) is 25.2 Å². The minimum absolute atomic E-state index is 0.193. The average molecular weight is 445 g/mol. The van der Waals surface area contributed by atoms with Gasteiger partial charge in [-0.05, 0) is 67.6 Å². The maximum Gasteiger partial charge on any atom is 0.573 e. The molecule has 4 heterocycles. The summed E-state index contributed by atoms with van der Waals surface area (Å²) in [7, 11) is 0. The molecule has 0 saturated carbocycles. The van der Waals surface area contributed by atoms with Gasteiger partial charge in [0.25, 0.3) is 5.91 Å². The number of rotatable bonds is 4. The van der Waals surface area contributed by atoms with Crippen molar-refractivity contribution in [1.29, 1.82) is 0 Å². The third kappa shape index (κ3) is 4.14. The second-order valence-electron chi connectivity index (χ2n) is 8.15. The van der Waals surface area contributed by atoms with E-state index in [1.807, 2.05) is 6.07 Å². The summed E-state index contributed by atoms with van der Waals surface area (Å²) < 4.78 is 40.8. The number of hydrogen-bond donors (Lipinski definition) is 2. The van der Waals surface area contributed by atoms with Crippen LogP contribution in [0.15, 0.2) is 36.5 Å². The van der Waals surface area contributed by atoms with Gasteiger partial charge in [0, 0.05) is 24.8 Å². The Bertz CT molecular complexity index is 1120. The highest BCUT2D eigenvalue weighted by Crippen LogP contribution is 2.33. The van der Waals surface area contributed by atoms with Crippen LogP contribution in [0.1, 0.15) is 53.0 Å². The van der Waals surface area contributed by atoms with Crippen LogP contribution in [0.25, 0.3) is 11.2 Å². The third-order valence-corrected chi connectivity index (χ3v) is 6.15. The molecular weight excluding hydrogens is 423 g/mol. The summed E-state index contributed by atoms with van der Waals surface area (Å²) in [6, 6.07) is 7.32. The molecule has 1 aromatic carbocycles. The molecule has 5 rings (SSSR count). The molecule has 2 aliphatic heterocycles. The molecule has 1 amide bonds. The highest BCUT2D eigenvalue weighted by Gasteiger charge is 2.31. The summed E-state index contributed by atoms with van der Waals surface area (Å²) in [5.74, 6) is 0.652. The minimum Gasteiger partial charge on any atom is -0.406 e. The van der Waals surface area contributed by atoms with E-state index in [1.54, 1.807) is 11.1 Å². The third-order valence-electron chi connectivity index (χ3n) is 6.15. The highest BCUT2D eigenvalue weighted by molar-refractivity contribution is 5.94. The van der Waals surface area contributed by atoms with Crippen molar-refractivity contribution in [3.8, 4) is 5.75 Å². The first-order valence-corrected chi connectivity index (χ1v) is 10.6. The van der Waals surface area contributed by atoms with Gasteiger partial charge in [0.1, 0.15) is 11.6 Å². The molecule has 3 aromatic rings. The van der Waals surface area contributed by atoms with E-state index in [4.69, 9.17) is 0 Å². The van der Waals surface area contributed by atoms with Gasteiger partial charge < -0.3 is 19.9 Å². The second-order valence-corrected chi connectivity index (χ2v) is 8.15. The average Bonchev–Trinajstić information content (AvgIpc) is 3.15. The number of ether oxygens (including phenoxy) is 1. The number of aromatic nitrogens is 3. The highest BCUT2D eigenvalue weighted by atomic mass is 19.4. The number of aromatic amines is 1. The lowest BCUT2D eigenvalue weighted by Gasteiger charge is -2.32. The summed E-state index contributed by atoms with van der Waals surface area (Å²) in [5, 5.41) is 3.34. The topological polar surface area (TPSA) is 83.1 Å². The Balaban J connectivity index is 1.25. The van der Waals surface area contributed by atoms with Gasteiger partial charge in [-0.3, -0.25) is 4.79 Å². The predicted octanol–water partition coefficient (Wildman–Crippen LogP) is 3.91. The summed E-state index contributed by atoms with van der Waals surface area (Å²) in [6.45, 7) is 2.13. The van der Waals surface area contributed by atoms with Crippen molar-refractivity contribution in [3.63, 3.8) is 0 Å². The molecule has 1 unspecified atom stereocenters. The van der Waals surface area contributed by atoms with E-state index in [9.17, 15) is 18.0 Å². The first kappa shape index (κ1) is 20.7. The fourth-order valence-electron chi connectivity index (χ4n) is 4.35. The number of carbonyl (C=O) groups is 1. The van der Waals surface area contributed by atoms with Crippen LogP contribution in [0.2, 0.25) is 0 Å². The zero-order valence-corrected chi connectivity index (χ0v) is 17.2. The number of halogens is 3. The number of H-pyrrole nitrogens is 1. The van der Waals surface area contributed by atoms with E-state index in [2.05, 4.69) is 25.0 Å². The van der Waals surface area contributed by atoms with Crippen LogP contribution in [-0.2, 0) is 0 Å².